The number of fused-ring (bicyclic) bond motifs is 2. The Kier molecular flexibility index (Phi) is 7.29. The number of β-amino-alcohol motifs (C(OH)–C–C–N with tert-alkyl or cyclic N) is 1. The van der Waals surface area contributed by atoms with Gasteiger partial charge in [-0.2, -0.15) is 0 Å². The van der Waals surface area contributed by atoms with Gasteiger partial charge < -0.3 is 24.4 Å². The molecule has 1 N–H and O–H groups in total. The highest BCUT2D eigenvalue weighted by atomic mass is 16.5. The molecule has 2 aliphatic rings. The number of rotatable bonds is 8. The zero-order valence-corrected chi connectivity index (χ0v) is 19.0. The Labute approximate surface area is 190 Å². The number of aliphatic hydroxyl groups is 1. The Balaban J connectivity index is 1.34. The first-order valence-electron chi connectivity index (χ1n) is 11.3. The molecule has 172 valence electrons. The summed E-state index contributed by atoms with van der Waals surface area (Å²) < 4.78 is 11.6. The van der Waals surface area contributed by atoms with Gasteiger partial charge in [-0.25, -0.2) is 0 Å². The van der Waals surface area contributed by atoms with Gasteiger partial charge in [0.05, 0.1) is 18.2 Å². The molecule has 7 nitrogen and oxygen atoms in total. The summed E-state index contributed by atoms with van der Waals surface area (Å²) in [5.74, 6) is 1.12. The highest BCUT2D eigenvalue weighted by Gasteiger charge is 2.27. The first-order valence-corrected chi connectivity index (χ1v) is 11.3. The second kappa shape index (κ2) is 10.3. The van der Waals surface area contributed by atoms with E-state index >= 15 is 0 Å². The molecule has 2 aromatic carbocycles. The first kappa shape index (κ1) is 22.6. The van der Waals surface area contributed by atoms with Crippen molar-refractivity contribution in [2.75, 3.05) is 60.0 Å². The van der Waals surface area contributed by atoms with Crippen LogP contribution in [0.4, 0.5) is 0 Å². The lowest BCUT2D eigenvalue weighted by Gasteiger charge is -2.32. The maximum atomic E-state index is 13.1. The third-order valence-electron chi connectivity index (χ3n) is 6.01. The minimum absolute atomic E-state index is 0.111. The molecule has 1 amide bonds. The van der Waals surface area contributed by atoms with E-state index in [1.54, 1.807) is 23.1 Å². The van der Waals surface area contributed by atoms with Crippen LogP contribution in [-0.4, -0.2) is 91.9 Å². The molecule has 0 aliphatic carbocycles. The lowest BCUT2D eigenvalue weighted by Crippen LogP contribution is -2.44. The van der Waals surface area contributed by atoms with Gasteiger partial charge >= 0.3 is 0 Å². The lowest BCUT2D eigenvalue weighted by atomic mass is 10.00. The van der Waals surface area contributed by atoms with Gasteiger partial charge in [-0.05, 0) is 43.8 Å². The van der Waals surface area contributed by atoms with E-state index < -0.39 is 6.10 Å². The third kappa shape index (κ3) is 5.59. The second-order valence-corrected chi connectivity index (χ2v) is 8.82. The van der Waals surface area contributed by atoms with Crippen molar-refractivity contribution in [2.45, 2.75) is 19.1 Å². The number of ether oxygens (including phenoxy) is 2. The van der Waals surface area contributed by atoms with Crippen molar-refractivity contribution in [3.8, 4) is 11.5 Å². The first-order chi connectivity index (χ1) is 15.5. The van der Waals surface area contributed by atoms with Crippen molar-refractivity contribution in [1.29, 1.82) is 0 Å². The fourth-order valence-corrected chi connectivity index (χ4v) is 4.27. The monoisotopic (exact) mass is 439 g/mol. The summed E-state index contributed by atoms with van der Waals surface area (Å²) in [6.07, 6.45) is 0.380. The number of benzene rings is 2. The Morgan fingerprint density at radius 3 is 2.75 bits per heavy atom. The smallest absolute Gasteiger partial charge is 0.257 e. The molecule has 0 radical (unpaired) electrons. The minimum atomic E-state index is -0.612. The fraction of sp³-hybridized carbons (Fsp3) is 0.480. The van der Waals surface area contributed by atoms with Crippen molar-refractivity contribution in [3.63, 3.8) is 0 Å². The van der Waals surface area contributed by atoms with E-state index in [4.69, 9.17) is 9.47 Å². The molecule has 4 rings (SSSR count). The van der Waals surface area contributed by atoms with Crippen LogP contribution in [-0.2, 0) is 13.0 Å². The van der Waals surface area contributed by atoms with Gasteiger partial charge in [0.1, 0.15) is 24.7 Å². The quantitative estimate of drug-likeness (QED) is 0.678. The molecule has 0 fully saturated rings. The average molecular weight is 440 g/mol. The molecule has 2 heterocycles. The molecule has 0 saturated heterocycles. The summed E-state index contributed by atoms with van der Waals surface area (Å²) in [5, 5.41) is 10.7. The van der Waals surface area contributed by atoms with Gasteiger partial charge in [0.2, 0.25) is 0 Å². The summed E-state index contributed by atoms with van der Waals surface area (Å²) >= 11 is 0. The van der Waals surface area contributed by atoms with Crippen molar-refractivity contribution >= 4 is 5.91 Å². The van der Waals surface area contributed by atoms with Gasteiger partial charge in [-0.15, -0.1) is 0 Å². The minimum Gasteiger partial charge on any atom is -0.492 e. The number of likely N-dealkylation sites (N-methyl/N-ethyl adjacent to an activating group) is 1. The summed E-state index contributed by atoms with van der Waals surface area (Å²) in [4.78, 5) is 19.1. The van der Waals surface area contributed by atoms with Crippen molar-refractivity contribution in [3.05, 3.63) is 59.2 Å². The Morgan fingerprint density at radius 1 is 1.12 bits per heavy atom. The van der Waals surface area contributed by atoms with E-state index in [1.807, 2.05) is 14.1 Å². The lowest BCUT2D eigenvalue weighted by molar-refractivity contribution is 0.0501. The molecule has 32 heavy (non-hydrogen) atoms. The Bertz CT molecular complexity index is 933. The number of carbonyl (C=O) groups is 1. The van der Waals surface area contributed by atoms with E-state index in [1.165, 1.54) is 11.1 Å². The molecule has 2 aromatic rings. The number of hydrogen-bond donors (Lipinski definition) is 1. The van der Waals surface area contributed by atoms with Gasteiger partial charge in [-0.1, -0.05) is 24.3 Å². The van der Waals surface area contributed by atoms with Crippen LogP contribution in [0.1, 0.15) is 21.5 Å². The highest BCUT2D eigenvalue weighted by Crippen LogP contribution is 2.28. The summed E-state index contributed by atoms with van der Waals surface area (Å²) in [6.45, 7) is 4.82. The molecule has 2 aliphatic heterocycles. The van der Waals surface area contributed by atoms with E-state index in [9.17, 15) is 9.90 Å². The SMILES string of the molecule is CN(C)CCOc1ccc2c(c1)OCCN(C[C@H](O)CN1CCc3ccccc3C1)C2=O. The number of hydrogen-bond acceptors (Lipinski definition) is 6. The van der Waals surface area contributed by atoms with Gasteiger partial charge in [0.15, 0.2) is 0 Å². The standard InChI is InChI=1S/C25H33N3O4/c1-26(2)11-13-31-22-7-8-23-24(15-22)32-14-12-28(25(23)30)18-21(29)17-27-10-9-19-5-3-4-6-20(19)16-27/h3-8,15,21,29H,9-14,16-18H2,1-2H3/t21-/m1/s1. The fourth-order valence-electron chi connectivity index (χ4n) is 4.27. The van der Waals surface area contributed by atoms with Gasteiger partial charge in [-0.3, -0.25) is 9.69 Å². The molecule has 7 heteroatoms. The predicted octanol–water partition coefficient (Wildman–Crippen LogP) is 1.88. The molecule has 0 bridgehead atoms. The van der Waals surface area contributed by atoms with Gasteiger partial charge in [0, 0.05) is 38.8 Å². The summed E-state index contributed by atoms with van der Waals surface area (Å²) in [5.41, 5.74) is 3.23. The zero-order valence-electron chi connectivity index (χ0n) is 19.0. The number of aliphatic hydroxyl groups excluding tert-OH is 1. The maximum absolute atomic E-state index is 13.1. The van der Waals surface area contributed by atoms with Crippen molar-refractivity contribution in [2.24, 2.45) is 0 Å². The Morgan fingerprint density at radius 2 is 1.94 bits per heavy atom. The zero-order chi connectivity index (χ0) is 22.5. The van der Waals surface area contributed by atoms with Crippen LogP contribution < -0.4 is 9.47 Å². The molecule has 0 aromatic heterocycles. The van der Waals surface area contributed by atoms with Crippen LogP contribution in [0.2, 0.25) is 0 Å². The topological polar surface area (TPSA) is 65.5 Å². The van der Waals surface area contributed by atoms with E-state index in [2.05, 4.69) is 34.1 Å². The highest BCUT2D eigenvalue weighted by molar-refractivity contribution is 5.97. The number of nitrogens with zero attached hydrogens (tertiary/aromatic N) is 3. The molecule has 0 unspecified atom stereocenters. The maximum Gasteiger partial charge on any atom is 0.257 e. The van der Waals surface area contributed by atoms with Crippen LogP contribution in [0.3, 0.4) is 0 Å². The largest absolute Gasteiger partial charge is 0.492 e. The molecule has 1 atom stereocenters. The van der Waals surface area contributed by atoms with Crippen LogP contribution in [0.5, 0.6) is 11.5 Å². The van der Waals surface area contributed by atoms with Crippen LogP contribution in [0.25, 0.3) is 0 Å². The Hall–Kier alpha value is -2.61. The number of amides is 1. The number of carbonyl (C=O) groups excluding carboxylic acids is 1. The van der Waals surface area contributed by atoms with Crippen LogP contribution in [0, 0.1) is 0 Å². The second-order valence-electron chi connectivity index (χ2n) is 8.82. The van der Waals surface area contributed by atoms with Crippen LogP contribution >= 0.6 is 0 Å². The average Bonchev–Trinajstić information content (AvgIpc) is 2.92. The van der Waals surface area contributed by atoms with Crippen LogP contribution in [0.15, 0.2) is 42.5 Å². The van der Waals surface area contributed by atoms with E-state index in [-0.39, 0.29) is 5.91 Å². The molecular weight excluding hydrogens is 406 g/mol. The van der Waals surface area contributed by atoms with E-state index in [0.717, 1.165) is 26.1 Å². The normalized spacial score (nSPS) is 17.4. The molecular formula is C25H33N3O4. The third-order valence-corrected chi connectivity index (χ3v) is 6.01. The predicted molar refractivity (Wildman–Crippen MR) is 123 cm³/mol. The summed E-state index contributed by atoms with van der Waals surface area (Å²) in [6, 6.07) is 13.8. The molecule has 0 spiro atoms. The van der Waals surface area contributed by atoms with Crippen molar-refractivity contribution in [1.82, 2.24) is 14.7 Å². The molecule has 0 saturated carbocycles. The van der Waals surface area contributed by atoms with E-state index in [0.29, 0.717) is 49.9 Å². The van der Waals surface area contributed by atoms with Gasteiger partial charge in [0.25, 0.3) is 5.91 Å². The summed E-state index contributed by atoms with van der Waals surface area (Å²) in [7, 11) is 3.99. The van der Waals surface area contributed by atoms with Crippen molar-refractivity contribution < 1.29 is 19.4 Å².